The first kappa shape index (κ1) is 18.8. The van der Waals surface area contributed by atoms with Crippen LogP contribution in [0.3, 0.4) is 0 Å². The molecule has 0 radical (unpaired) electrons. The molecule has 1 aromatic carbocycles. The van der Waals surface area contributed by atoms with Crippen LogP contribution < -0.4 is 10.5 Å². The summed E-state index contributed by atoms with van der Waals surface area (Å²) in [4.78, 5) is 8.89. The number of piperidine rings is 1. The Morgan fingerprint density at radius 1 is 1.12 bits per heavy atom. The number of hydrogen-bond donors (Lipinski definition) is 1. The van der Waals surface area contributed by atoms with Gasteiger partial charge in [-0.2, -0.15) is 0 Å². The third-order valence-electron chi connectivity index (χ3n) is 4.85. The molecule has 1 aliphatic rings. The van der Waals surface area contributed by atoms with Crippen molar-refractivity contribution in [2.24, 2.45) is 5.73 Å². The van der Waals surface area contributed by atoms with E-state index in [9.17, 15) is 0 Å². The van der Waals surface area contributed by atoms with Crippen molar-refractivity contribution in [1.82, 2.24) is 14.8 Å². The molecule has 26 heavy (non-hydrogen) atoms. The van der Waals surface area contributed by atoms with Gasteiger partial charge in [-0.25, -0.2) is 4.98 Å². The standard InChI is InChI=1S/C21H30N4O/c1-24(2)13-14-26-21-15-19(7-10-23-21)18-5-3-17(4-6-18)16-25-11-8-20(22)9-12-25/h3-7,10,15,20H,8-9,11-14,16,22H2,1-2H3. The second kappa shape index (κ2) is 9.12. The maximum Gasteiger partial charge on any atom is 0.213 e. The monoisotopic (exact) mass is 354 g/mol. The first-order valence-corrected chi connectivity index (χ1v) is 9.41. The maximum absolute atomic E-state index is 5.99. The lowest BCUT2D eigenvalue weighted by Crippen LogP contribution is -2.39. The van der Waals surface area contributed by atoms with Gasteiger partial charge in [0.25, 0.3) is 0 Å². The molecule has 1 aliphatic heterocycles. The van der Waals surface area contributed by atoms with Gasteiger partial charge >= 0.3 is 0 Å². The summed E-state index contributed by atoms with van der Waals surface area (Å²) in [5.41, 5.74) is 9.66. The molecule has 0 atom stereocenters. The largest absolute Gasteiger partial charge is 0.476 e. The Morgan fingerprint density at radius 2 is 1.85 bits per heavy atom. The Hall–Kier alpha value is -1.95. The van der Waals surface area contributed by atoms with Crippen molar-refractivity contribution in [3.8, 4) is 17.0 Å². The van der Waals surface area contributed by atoms with Gasteiger partial charge in [0.2, 0.25) is 5.88 Å². The highest BCUT2D eigenvalue weighted by Crippen LogP contribution is 2.23. The van der Waals surface area contributed by atoms with Crippen molar-refractivity contribution in [2.45, 2.75) is 25.4 Å². The quantitative estimate of drug-likeness (QED) is 0.828. The third-order valence-corrected chi connectivity index (χ3v) is 4.85. The van der Waals surface area contributed by atoms with Gasteiger partial charge in [0, 0.05) is 31.4 Å². The molecule has 5 heteroatoms. The Bertz CT molecular complexity index is 679. The molecule has 2 heterocycles. The van der Waals surface area contributed by atoms with Crippen LogP contribution in [0.4, 0.5) is 0 Å². The summed E-state index contributed by atoms with van der Waals surface area (Å²) in [6.45, 7) is 4.72. The number of likely N-dealkylation sites (tertiary alicyclic amines) is 1. The van der Waals surface area contributed by atoms with Gasteiger partial charge in [-0.05, 0) is 62.8 Å². The number of aromatic nitrogens is 1. The number of likely N-dealkylation sites (N-methyl/N-ethyl adjacent to an activating group) is 1. The third kappa shape index (κ3) is 5.53. The van der Waals surface area contributed by atoms with Crippen molar-refractivity contribution in [3.63, 3.8) is 0 Å². The van der Waals surface area contributed by atoms with Crippen molar-refractivity contribution in [2.75, 3.05) is 40.3 Å². The molecule has 0 amide bonds. The van der Waals surface area contributed by atoms with E-state index in [1.807, 2.05) is 32.4 Å². The van der Waals surface area contributed by atoms with Gasteiger partial charge in [0.15, 0.2) is 0 Å². The van der Waals surface area contributed by atoms with Crippen LogP contribution in [-0.4, -0.2) is 61.2 Å². The molecular formula is C21H30N4O. The fourth-order valence-electron chi connectivity index (χ4n) is 3.17. The van der Waals surface area contributed by atoms with E-state index in [0.717, 1.165) is 44.6 Å². The number of pyridine rings is 1. The second-order valence-corrected chi connectivity index (χ2v) is 7.34. The van der Waals surface area contributed by atoms with Crippen molar-refractivity contribution < 1.29 is 4.74 Å². The van der Waals surface area contributed by atoms with Crippen LogP contribution >= 0.6 is 0 Å². The summed E-state index contributed by atoms with van der Waals surface area (Å²) in [6.07, 6.45) is 4.02. The summed E-state index contributed by atoms with van der Waals surface area (Å²) in [6, 6.07) is 13.2. The minimum Gasteiger partial charge on any atom is -0.476 e. The summed E-state index contributed by atoms with van der Waals surface area (Å²) >= 11 is 0. The Balaban J connectivity index is 1.59. The maximum atomic E-state index is 5.99. The van der Waals surface area contributed by atoms with Crippen molar-refractivity contribution in [1.29, 1.82) is 0 Å². The molecule has 140 valence electrons. The summed E-state index contributed by atoms with van der Waals surface area (Å²) in [5.74, 6) is 0.679. The number of rotatable bonds is 7. The van der Waals surface area contributed by atoms with E-state index in [2.05, 4.69) is 39.0 Å². The Kier molecular flexibility index (Phi) is 6.61. The highest BCUT2D eigenvalue weighted by atomic mass is 16.5. The van der Waals surface area contributed by atoms with Crippen LogP contribution in [0.2, 0.25) is 0 Å². The highest BCUT2D eigenvalue weighted by Gasteiger charge is 2.15. The zero-order chi connectivity index (χ0) is 18.4. The lowest BCUT2D eigenvalue weighted by atomic mass is 10.0. The molecule has 2 N–H and O–H groups in total. The highest BCUT2D eigenvalue weighted by molar-refractivity contribution is 5.64. The van der Waals surface area contributed by atoms with Crippen LogP contribution in [0.5, 0.6) is 5.88 Å². The van der Waals surface area contributed by atoms with Crippen molar-refractivity contribution in [3.05, 3.63) is 48.2 Å². The van der Waals surface area contributed by atoms with Gasteiger partial charge in [0.1, 0.15) is 6.61 Å². The number of nitrogens with zero attached hydrogens (tertiary/aromatic N) is 3. The number of benzene rings is 1. The fourth-order valence-corrected chi connectivity index (χ4v) is 3.17. The normalized spacial score (nSPS) is 16.2. The molecular weight excluding hydrogens is 324 g/mol. The first-order valence-electron chi connectivity index (χ1n) is 9.41. The van der Waals surface area contributed by atoms with Gasteiger partial charge in [-0.3, -0.25) is 4.90 Å². The molecule has 3 rings (SSSR count). The molecule has 1 aromatic heterocycles. The zero-order valence-corrected chi connectivity index (χ0v) is 15.9. The Labute approximate surface area is 156 Å². The molecule has 1 fully saturated rings. The predicted molar refractivity (Wildman–Crippen MR) is 106 cm³/mol. The molecule has 0 saturated carbocycles. The van der Waals surface area contributed by atoms with E-state index in [-0.39, 0.29) is 0 Å². The average Bonchev–Trinajstić information content (AvgIpc) is 2.64. The smallest absolute Gasteiger partial charge is 0.213 e. The van der Waals surface area contributed by atoms with E-state index < -0.39 is 0 Å². The SMILES string of the molecule is CN(C)CCOc1cc(-c2ccc(CN3CCC(N)CC3)cc2)ccn1. The van der Waals surface area contributed by atoms with Gasteiger partial charge in [-0.15, -0.1) is 0 Å². The molecule has 2 aromatic rings. The lowest BCUT2D eigenvalue weighted by Gasteiger charge is -2.30. The predicted octanol–water partition coefficient (Wildman–Crippen LogP) is 2.61. The molecule has 0 spiro atoms. The van der Waals surface area contributed by atoms with Crippen molar-refractivity contribution >= 4 is 0 Å². The molecule has 5 nitrogen and oxygen atoms in total. The molecule has 0 aliphatic carbocycles. The summed E-state index contributed by atoms with van der Waals surface area (Å²) in [5, 5.41) is 0. The number of nitrogens with two attached hydrogens (primary N) is 1. The van der Waals surface area contributed by atoms with Crippen LogP contribution in [0.15, 0.2) is 42.6 Å². The summed E-state index contributed by atoms with van der Waals surface area (Å²) in [7, 11) is 4.07. The van der Waals surface area contributed by atoms with E-state index in [1.165, 1.54) is 11.1 Å². The number of hydrogen-bond acceptors (Lipinski definition) is 5. The first-order chi connectivity index (χ1) is 12.6. The molecule has 1 saturated heterocycles. The van der Waals surface area contributed by atoms with Crippen LogP contribution in [0, 0.1) is 0 Å². The Morgan fingerprint density at radius 3 is 2.54 bits per heavy atom. The lowest BCUT2D eigenvalue weighted by molar-refractivity contribution is 0.205. The zero-order valence-electron chi connectivity index (χ0n) is 15.9. The summed E-state index contributed by atoms with van der Waals surface area (Å²) < 4.78 is 5.74. The van der Waals surface area contributed by atoms with E-state index in [1.54, 1.807) is 0 Å². The van der Waals surface area contributed by atoms with Gasteiger partial charge in [0.05, 0.1) is 0 Å². The van der Waals surface area contributed by atoms with E-state index in [4.69, 9.17) is 10.5 Å². The molecule has 0 unspecified atom stereocenters. The van der Waals surface area contributed by atoms with E-state index in [0.29, 0.717) is 18.5 Å². The molecule has 0 bridgehead atoms. The number of ether oxygens (including phenoxy) is 1. The van der Waals surface area contributed by atoms with Gasteiger partial charge < -0.3 is 15.4 Å². The fraction of sp³-hybridized carbons (Fsp3) is 0.476. The van der Waals surface area contributed by atoms with Crippen LogP contribution in [0.25, 0.3) is 11.1 Å². The van der Waals surface area contributed by atoms with Crippen LogP contribution in [-0.2, 0) is 6.54 Å². The van der Waals surface area contributed by atoms with E-state index >= 15 is 0 Å². The topological polar surface area (TPSA) is 54.6 Å². The van der Waals surface area contributed by atoms with Crippen LogP contribution in [0.1, 0.15) is 18.4 Å². The minimum absolute atomic E-state index is 0.384. The van der Waals surface area contributed by atoms with Gasteiger partial charge in [-0.1, -0.05) is 24.3 Å². The second-order valence-electron chi connectivity index (χ2n) is 7.34. The minimum atomic E-state index is 0.384. The average molecular weight is 354 g/mol.